The van der Waals surface area contributed by atoms with Crippen LogP contribution in [0, 0.1) is 11.8 Å². The van der Waals surface area contributed by atoms with Gasteiger partial charge in [-0.1, -0.05) is 11.8 Å². The summed E-state index contributed by atoms with van der Waals surface area (Å²) in [7, 11) is -3.49. The van der Waals surface area contributed by atoms with E-state index >= 15 is 0 Å². The summed E-state index contributed by atoms with van der Waals surface area (Å²) < 4.78 is 40.2. The minimum absolute atomic E-state index is 0.0750. The lowest BCUT2D eigenvalue weighted by molar-refractivity contribution is 0.124. The van der Waals surface area contributed by atoms with Crippen molar-refractivity contribution in [2.24, 2.45) is 0 Å². The molecule has 0 saturated heterocycles. The second-order valence-corrected chi connectivity index (χ2v) is 12.5. The lowest BCUT2D eigenvalue weighted by Gasteiger charge is -2.28. The normalized spacial score (nSPS) is 18.7. The molecule has 0 spiro atoms. The number of aromatic nitrogens is 7. The van der Waals surface area contributed by atoms with Crippen LogP contribution >= 0.6 is 0 Å². The minimum atomic E-state index is -3.49. The summed E-state index contributed by atoms with van der Waals surface area (Å²) in [4.78, 5) is 13.4. The van der Waals surface area contributed by atoms with E-state index in [9.17, 15) is 17.9 Å². The van der Waals surface area contributed by atoms with E-state index in [0.717, 1.165) is 29.0 Å². The van der Waals surface area contributed by atoms with Crippen LogP contribution in [0.1, 0.15) is 49.7 Å². The molecule has 2 aliphatic rings. The van der Waals surface area contributed by atoms with Crippen molar-refractivity contribution in [1.82, 2.24) is 33.9 Å². The molecule has 0 aliphatic heterocycles. The van der Waals surface area contributed by atoms with Crippen LogP contribution in [-0.4, -0.2) is 71.5 Å². The van der Waals surface area contributed by atoms with Gasteiger partial charge in [0.15, 0.2) is 5.82 Å². The molecule has 218 valence electrons. The number of aliphatic hydroxyl groups excluding tert-OH is 1. The van der Waals surface area contributed by atoms with E-state index in [2.05, 4.69) is 47.6 Å². The molecule has 4 heterocycles. The molecule has 4 aromatic rings. The predicted molar refractivity (Wildman–Crippen MR) is 154 cm³/mol. The average molecular weight is 592 g/mol. The Morgan fingerprint density at radius 1 is 1.05 bits per heavy atom. The number of nitrogens with zero attached hydrogens (tertiary/aromatic N) is 7. The van der Waals surface area contributed by atoms with Crippen LogP contribution in [0.2, 0.25) is 0 Å². The first kappa shape index (κ1) is 27.8. The van der Waals surface area contributed by atoms with E-state index in [0.29, 0.717) is 53.4 Å². The minimum Gasteiger partial charge on any atom is -0.393 e. The van der Waals surface area contributed by atoms with Crippen LogP contribution in [0.3, 0.4) is 0 Å². The lowest BCUT2D eigenvalue weighted by atomic mass is 9.92. The smallest absolute Gasteiger partial charge is 0.256 e. The van der Waals surface area contributed by atoms with Gasteiger partial charge in [-0.05, 0) is 44.6 Å². The second kappa shape index (κ2) is 11.9. The van der Waals surface area contributed by atoms with Gasteiger partial charge in [0, 0.05) is 30.7 Å². The molecule has 2 atom stereocenters. The molecule has 4 aromatic heterocycles. The van der Waals surface area contributed by atoms with Gasteiger partial charge in [0.1, 0.15) is 18.3 Å². The van der Waals surface area contributed by atoms with Crippen LogP contribution in [-0.2, 0) is 16.6 Å². The first-order chi connectivity index (χ1) is 20.4. The van der Waals surface area contributed by atoms with Gasteiger partial charge < -0.3 is 15.7 Å². The van der Waals surface area contributed by atoms with E-state index in [1.165, 1.54) is 17.1 Å². The van der Waals surface area contributed by atoms with Crippen molar-refractivity contribution in [1.29, 1.82) is 0 Å². The highest BCUT2D eigenvalue weighted by molar-refractivity contribution is 7.90. The summed E-state index contributed by atoms with van der Waals surface area (Å²) >= 11 is 0. The lowest BCUT2D eigenvalue weighted by Crippen LogP contribution is -2.30. The molecule has 14 heteroatoms. The maximum absolute atomic E-state index is 12.6. The van der Waals surface area contributed by atoms with Crippen LogP contribution in [0.15, 0.2) is 49.3 Å². The summed E-state index contributed by atoms with van der Waals surface area (Å²) in [6, 6.07) is 3.59. The Hall–Kier alpha value is -4.35. The van der Waals surface area contributed by atoms with Crippen molar-refractivity contribution < 1.29 is 17.9 Å². The first-order valence-electron chi connectivity index (χ1n) is 13.8. The Bertz CT molecular complexity index is 1740. The summed E-state index contributed by atoms with van der Waals surface area (Å²) in [5.74, 6) is 7.49. The number of pyridine rings is 1. The predicted octanol–water partition coefficient (Wildman–Crippen LogP) is 3.10. The Morgan fingerprint density at radius 3 is 2.74 bits per heavy atom. The standard InChI is InChI=1S/C28H30FN9O3S/c29-9-11-37-17-19(14-32-37)4-5-20-15-31-27(13-25(20)34-22-2-1-3-23(39)12-22)35-26-8-10-30-28(36-26)21-16-33-38(18-21)42(40,41)24-6-7-24/h8,10,13-18,22-24,39H,1-3,6-7,9,11-12H2,(H2,30,31,34,35,36)/t22?,23-/m0/s1. The number of hydrogen-bond acceptors (Lipinski definition) is 10. The molecule has 0 bridgehead atoms. The largest absolute Gasteiger partial charge is 0.393 e. The third-order valence-electron chi connectivity index (χ3n) is 7.13. The maximum atomic E-state index is 12.6. The quantitative estimate of drug-likeness (QED) is 0.248. The monoisotopic (exact) mass is 591 g/mol. The topological polar surface area (TPSA) is 153 Å². The van der Waals surface area contributed by atoms with Gasteiger partial charge in [0.25, 0.3) is 10.0 Å². The number of rotatable bonds is 9. The van der Waals surface area contributed by atoms with Crippen molar-refractivity contribution in [3.63, 3.8) is 0 Å². The number of hydrogen-bond donors (Lipinski definition) is 3. The molecule has 6 rings (SSSR count). The molecule has 42 heavy (non-hydrogen) atoms. The van der Waals surface area contributed by atoms with Crippen LogP contribution in [0.25, 0.3) is 11.4 Å². The Labute approximate surface area is 242 Å². The highest BCUT2D eigenvalue weighted by Crippen LogP contribution is 2.30. The van der Waals surface area contributed by atoms with Gasteiger partial charge in [0.05, 0.1) is 58.9 Å². The third kappa shape index (κ3) is 6.42. The Kier molecular flexibility index (Phi) is 7.86. The highest BCUT2D eigenvalue weighted by atomic mass is 32.2. The summed E-state index contributed by atoms with van der Waals surface area (Å²) in [5.41, 5.74) is 2.54. The van der Waals surface area contributed by atoms with Gasteiger partial charge >= 0.3 is 0 Å². The molecule has 2 aliphatic carbocycles. The fourth-order valence-electron chi connectivity index (χ4n) is 4.81. The summed E-state index contributed by atoms with van der Waals surface area (Å²) in [6.45, 7) is -0.332. The zero-order valence-electron chi connectivity index (χ0n) is 22.7. The fraction of sp³-hybridized carbons (Fsp3) is 0.393. The first-order valence-corrected chi connectivity index (χ1v) is 15.3. The van der Waals surface area contributed by atoms with Gasteiger partial charge in [-0.15, -0.1) is 0 Å². The maximum Gasteiger partial charge on any atom is 0.256 e. The fourth-order valence-corrected chi connectivity index (χ4v) is 6.29. The van der Waals surface area contributed by atoms with Crippen LogP contribution in [0.4, 0.5) is 21.7 Å². The summed E-state index contributed by atoms with van der Waals surface area (Å²) in [5, 5.41) is 24.7. The molecule has 0 amide bonds. The van der Waals surface area contributed by atoms with E-state index in [1.54, 1.807) is 30.9 Å². The van der Waals surface area contributed by atoms with Gasteiger partial charge in [-0.25, -0.2) is 27.8 Å². The Morgan fingerprint density at radius 2 is 1.93 bits per heavy atom. The number of anilines is 3. The van der Waals surface area contributed by atoms with E-state index in [4.69, 9.17) is 0 Å². The molecular weight excluding hydrogens is 561 g/mol. The average Bonchev–Trinajstić information content (AvgIpc) is 3.55. The molecule has 0 radical (unpaired) electrons. The molecule has 2 fully saturated rings. The van der Waals surface area contributed by atoms with E-state index in [1.807, 2.05) is 6.07 Å². The van der Waals surface area contributed by atoms with Crippen molar-refractivity contribution in [2.45, 2.75) is 62.5 Å². The molecule has 0 aromatic carbocycles. The number of alkyl halides is 1. The van der Waals surface area contributed by atoms with Crippen molar-refractivity contribution in [2.75, 3.05) is 17.3 Å². The Balaban J connectivity index is 1.24. The van der Waals surface area contributed by atoms with E-state index < -0.39 is 16.7 Å². The molecule has 1 unspecified atom stereocenters. The molecule has 12 nitrogen and oxygen atoms in total. The van der Waals surface area contributed by atoms with Gasteiger partial charge in [-0.2, -0.15) is 14.3 Å². The number of halogens is 1. The SMILES string of the molecule is O=S(=O)(C1CC1)n1cc(-c2nccc(Nc3cc(NC4CCC[C@H](O)C4)c(C#Cc4cnn(CCF)c4)cn3)n2)cn1. The van der Waals surface area contributed by atoms with Crippen molar-refractivity contribution in [3.8, 4) is 23.2 Å². The van der Waals surface area contributed by atoms with Crippen LogP contribution in [0.5, 0.6) is 0 Å². The number of aryl methyl sites for hydroxylation is 1. The molecule has 2 saturated carbocycles. The number of nitrogens with one attached hydrogen (secondary N) is 2. The third-order valence-corrected chi connectivity index (χ3v) is 9.17. The highest BCUT2D eigenvalue weighted by Gasteiger charge is 2.37. The van der Waals surface area contributed by atoms with Crippen molar-refractivity contribution >= 4 is 27.3 Å². The van der Waals surface area contributed by atoms with Gasteiger partial charge in [-0.3, -0.25) is 4.68 Å². The summed E-state index contributed by atoms with van der Waals surface area (Å²) in [6.07, 6.45) is 13.6. The zero-order valence-corrected chi connectivity index (χ0v) is 23.5. The zero-order chi connectivity index (χ0) is 29.1. The molecular formula is C28H30FN9O3S. The molecule has 3 N–H and O–H groups in total. The second-order valence-electron chi connectivity index (χ2n) is 10.4. The van der Waals surface area contributed by atoms with Crippen molar-refractivity contribution in [3.05, 3.63) is 60.4 Å². The van der Waals surface area contributed by atoms with Gasteiger partial charge in [0.2, 0.25) is 0 Å². The van der Waals surface area contributed by atoms with Crippen LogP contribution < -0.4 is 10.6 Å². The number of aliphatic hydroxyl groups is 1. The van der Waals surface area contributed by atoms with E-state index in [-0.39, 0.29) is 23.9 Å².